The van der Waals surface area contributed by atoms with Crippen molar-refractivity contribution in [3.05, 3.63) is 43.8 Å². The first-order valence-corrected chi connectivity index (χ1v) is 16.6. The number of hydrogen-bond acceptors (Lipinski definition) is 7. The van der Waals surface area contributed by atoms with E-state index in [0.29, 0.717) is 24.1 Å². The average molecular weight is 612 g/mol. The van der Waals surface area contributed by atoms with E-state index in [1.54, 1.807) is 18.4 Å². The van der Waals surface area contributed by atoms with Crippen LogP contribution in [0.3, 0.4) is 0 Å². The largest absolute Gasteiger partial charge is 0.481 e. The normalized spacial score (nSPS) is 17.8. The molecule has 238 valence electrons. The molecule has 1 saturated carbocycles. The van der Waals surface area contributed by atoms with Crippen LogP contribution in [0.15, 0.2) is 6.07 Å². The van der Waals surface area contributed by atoms with Crippen molar-refractivity contribution in [2.75, 3.05) is 14.2 Å². The van der Waals surface area contributed by atoms with Gasteiger partial charge in [-0.1, -0.05) is 26.2 Å². The second-order valence-corrected chi connectivity index (χ2v) is 13.8. The molecule has 1 fully saturated rings. The van der Waals surface area contributed by atoms with Gasteiger partial charge in [-0.15, -0.1) is 17.3 Å². The van der Waals surface area contributed by atoms with E-state index in [4.69, 9.17) is 14.2 Å². The van der Waals surface area contributed by atoms with Crippen LogP contribution < -0.4 is 4.74 Å². The summed E-state index contributed by atoms with van der Waals surface area (Å²) in [7, 11) is 3.10. The van der Waals surface area contributed by atoms with Gasteiger partial charge in [-0.05, 0) is 109 Å². The number of pyridine rings is 1. The third kappa shape index (κ3) is 9.08. The quantitative estimate of drug-likeness (QED) is 0.109. The minimum atomic E-state index is -0.415. The summed E-state index contributed by atoms with van der Waals surface area (Å²) in [5.41, 5.74) is 4.47. The maximum Gasteiger partial charge on any atom is 0.339 e. The maximum atomic E-state index is 12.9. The zero-order chi connectivity index (χ0) is 31.7. The number of rotatable bonds is 11. The molecule has 0 saturated heterocycles. The Hall–Kier alpha value is -2.85. The lowest BCUT2D eigenvalue weighted by molar-refractivity contribution is -0.162. The molecule has 0 aromatic carbocycles. The molecule has 3 atom stereocenters. The van der Waals surface area contributed by atoms with Gasteiger partial charge in [0, 0.05) is 35.3 Å². The first kappa shape index (κ1) is 34.6. The van der Waals surface area contributed by atoms with Crippen LogP contribution in [-0.4, -0.2) is 36.7 Å². The number of carbonyl (C=O) groups is 2. The van der Waals surface area contributed by atoms with E-state index in [-0.39, 0.29) is 19.3 Å². The summed E-state index contributed by atoms with van der Waals surface area (Å²) in [5.74, 6) is 7.70. The van der Waals surface area contributed by atoms with Gasteiger partial charge in [-0.25, -0.2) is 9.78 Å². The highest BCUT2D eigenvalue weighted by atomic mass is 32.1. The molecule has 3 rings (SSSR count). The standard InChI is InChI=1S/C36H51NO5S.H2/c1-10-36(6,7)42-34(38)28-17-15-16-27(20-21-28)25(4)32-26(5)31(35(39)41-9)30(43-32)19-14-12-11-13-18-29-23(2)22-24(3)37-33(29)40-8;/h22,25,27-28H,10,12,14-21H2,1-9H3;1H/t25-,27?,28?;/m1./s1. The van der Waals surface area contributed by atoms with Crippen LogP contribution in [0, 0.1) is 44.4 Å². The molecule has 0 amide bonds. The lowest BCUT2D eigenvalue weighted by Crippen LogP contribution is -2.30. The molecular weight excluding hydrogens is 558 g/mol. The summed E-state index contributed by atoms with van der Waals surface area (Å²) < 4.78 is 16.5. The first-order chi connectivity index (χ1) is 20.4. The van der Waals surface area contributed by atoms with Gasteiger partial charge in [0.25, 0.3) is 0 Å². The summed E-state index contributed by atoms with van der Waals surface area (Å²) in [4.78, 5) is 32.6. The molecule has 2 unspecified atom stereocenters. The van der Waals surface area contributed by atoms with E-state index < -0.39 is 5.60 Å². The summed E-state index contributed by atoms with van der Waals surface area (Å²) in [6.45, 7) is 14.4. The fraction of sp³-hybridized carbons (Fsp3) is 0.639. The summed E-state index contributed by atoms with van der Waals surface area (Å²) in [6, 6.07) is 2.06. The number of aromatic nitrogens is 1. The first-order valence-electron chi connectivity index (χ1n) is 15.8. The molecule has 43 heavy (non-hydrogen) atoms. The van der Waals surface area contributed by atoms with Gasteiger partial charge in [0.1, 0.15) is 5.60 Å². The third-order valence-corrected chi connectivity index (χ3v) is 10.6. The molecule has 0 N–H and O–H groups in total. The van der Waals surface area contributed by atoms with Crippen LogP contribution in [0.1, 0.15) is 129 Å². The monoisotopic (exact) mass is 611 g/mol. The van der Waals surface area contributed by atoms with Crippen molar-refractivity contribution in [2.45, 2.75) is 124 Å². The molecule has 0 bridgehead atoms. The topological polar surface area (TPSA) is 74.7 Å². The van der Waals surface area contributed by atoms with E-state index in [9.17, 15) is 9.59 Å². The van der Waals surface area contributed by atoms with Crippen molar-refractivity contribution < 1.29 is 25.2 Å². The van der Waals surface area contributed by atoms with E-state index in [0.717, 1.165) is 90.6 Å². The van der Waals surface area contributed by atoms with E-state index in [2.05, 4.69) is 50.6 Å². The molecule has 0 spiro atoms. The van der Waals surface area contributed by atoms with Crippen LogP contribution in [0.2, 0.25) is 0 Å². The minimum Gasteiger partial charge on any atom is -0.481 e. The van der Waals surface area contributed by atoms with Gasteiger partial charge in [0.15, 0.2) is 0 Å². The second kappa shape index (κ2) is 15.7. The van der Waals surface area contributed by atoms with E-state index in [1.165, 1.54) is 12.0 Å². The predicted octanol–water partition coefficient (Wildman–Crippen LogP) is 8.71. The highest BCUT2D eigenvalue weighted by Crippen LogP contribution is 2.43. The Labute approximate surface area is 264 Å². The van der Waals surface area contributed by atoms with Crippen molar-refractivity contribution in [3.63, 3.8) is 0 Å². The van der Waals surface area contributed by atoms with Crippen molar-refractivity contribution in [2.24, 2.45) is 11.8 Å². The Bertz CT molecular complexity index is 1340. The Morgan fingerprint density at radius 3 is 2.56 bits per heavy atom. The van der Waals surface area contributed by atoms with Crippen molar-refractivity contribution in [3.8, 4) is 17.7 Å². The number of ether oxygens (including phenoxy) is 3. The minimum absolute atomic E-state index is 0. The highest BCUT2D eigenvalue weighted by Gasteiger charge is 2.33. The molecule has 7 heteroatoms. The Morgan fingerprint density at radius 1 is 1.14 bits per heavy atom. The Morgan fingerprint density at radius 2 is 1.88 bits per heavy atom. The van der Waals surface area contributed by atoms with Gasteiger partial charge in [-0.2, -0.15) is 0 Å². The van der Waals surface area contributed by atoms with Crippen LogP contribution in [-0.2, 0) is 27.1 Å². The molecule has 2 aromatic heterocycles. The van der Waals surface area contributed by atoms with Gasteiger partial charge in [0.2, 0.25) is 5.88 Å². The van der Waals surface area contributed by atoms with Gasteiger partial charge in [0.05, 0.1) is 25.7 Å². The van der Waals surface area contributed by atoms with Gasteiger partial charge in [-0.3, -0.25) is 4.79 Å². The molecule has 0 aliphatic heterocycles. The van der Waals surface area contributed by atoms with Crippen LogP contribution in [0.25, 0.3) is 0 Å². The highest BCUT2D eigenvalue weighted by molar-refractivity contribution is 7.12. The van der Waals surface area contributed by atoms with Gasteiger partial charge < -0.3 is 14.2 Å². The maximum absolute atomic E-state index is 12.9. The summed E-state index contributed by atoms with van der Waals surface area (Å²) >= 11 is 1.76. The zero-order valence-corrected chi connectivity index (χ0v) is 28.6. The molecule has 2 heterocycles. The number of nitrogens with zero attached hydrogens (tertiary/aromatic N) is 1. The van der Waals surface area contributed by atoms with Crippen LogP contribution in [0.5, 0.6) is 5.88 Å². The van der Waals surface area contributed by atoms with Crippen molar-refractivity contribution >= 4 is 23.3 Å². The fourth-order valence-corrected chi connectivity index (χ4v) is 7.55. The lowest BCUT2D eigenvalue weighted by Gasteiger charge is -2.26. The van der Waals surface area contributed by atoms with Crippen LogP contribution >= 0.6 is 11.3 Å². The predicted molar refractivity (Wildman–Crippen MR) is 176 cm³/mol. The molecule has 1 aliphatic carbocycles. The summed E-state index contributed by atoms with van der Waals surface area (Å²) in [5, 5.41) is 0. The van der Waals surface area contributed by atoms with Crippen LogP contribution in [0.4, 0.5) is 0 Å². The van der Waals surface area contributed by atoms with E-state index in [1.807, 2.05) is 20.8 Å². The number of thiophene rings is 1. The molecular formula is C36H53NO5S. The number of esters is 2. The fourth-order valence-electron chi connectivity index (χ4n) is 6.07. The smallest absolute Gasteiger partial charge is 0.339 e. The number of aryl methyl sites for hydroxylation is 3. The average Bonchev–Trinajstić information content (AvgIpc) is 3.12. The molecule has 1 aliphatic rings. The third-order valence-electron chi connectivity index (χ3n) is 9.07. The van der Waals surface area contributed by atoms with Gasteiger partial charge >= 0.3 is 11.9 Å². The summed E-state index contributed by atoms with van der Waals surface area (Å²) in [6.07, 6.45) is 8.65. The Kier molecular flexibility index (Phi) is 12.7. The SMILES string of the molecule is CCC(C)(C)OC(=O)C1CCCC([C@@H](C)c2sc(CCCC#CCc3c(C)cc(C)nc3OC)c(C(=O)OC)c2C)CC1.[HH]. The number of methoxy groups -OCH3 is 2. The number of hydrogen-bond donors (Lipinski definition) is 0. The molecule has 6 nitrogen and oxygen atoms in total. The Balaban J connectivity index is 0.00000675. The zero-order valence-electron chi connectivity index (χ0n) is 27.8. The van der Waals surface area contributed by atoms with Crippen molar-refractivity contribution in [1.29, 1.82) is 0 Å². The number of carbonyl (C=O) groups excluding carboxylic acids is 2. The second-order valence-electron chi connectivity index (χ2n) is 12.6. The molecule has 0 radical (unpaired) electrons. The molecule has 2 aromatic rings. The van der Waals surface area contributed by atoms with E-state index >= 15 is 0 Å². The number of unbranched alkanes of at least 4 members (excludes halogenated alkanes) is 1. The van der Waals surface area contributed by atoms with Crippen molar-refractivity contribution in [1.82, 2.24) is 4.98 Å². The lowest BCUT2D eigenvalue weighted by atomic mass is 9.84.